The van der Waals surface area contributed by atoms with Crippen LogP contribution in [0, 0.1) is 5.82 Å². The Morgan fingerprint density at radius 2 is 1.88 bits per heavy atom. The fourth-order valence-corrected chi connectivity index (χ4v) is 3.20. The lowest BCUT2D eigenvalue weighted by molar-refractivity contribution is 0.319. The first-order valence-electron chi connectivity index (χ1n) is 8.43. The monoisotopic (exact) mass is 373 g/mol. The highest BCUT2D eigenvalue weighted by Crippen LogP contribution is 2.30. The SMILES string of the molecule is CCCOc1ccc(F)c2c(=O)c(-c3ccc(OC)cc3)cn(CP)c12. The molecule has 0 bridgehead atoms. The van der Waals surface area contributed by atoms with Crippen molar-refractivity contribution in [2.24, 2.45) is 0 Å². The smallest absolute Gasteiger partial charge is 0.200 e. The molecule has 0 radical (unpaired) electrons. The summed E-state index contributed by atoms with van der Waals surface area (Å²) in [5.41, 5.74) is 1.29. The van der Waals surface area contributed by atoms with Crippen LogP contribution in [-0.2, 0) is 6.29 Å². The van der Waals surface area contributed by atoms with Crippen molar-refractivity contribution in [1.82, 2.24) is 4.57 Å². The molecule has 3 aromatic rings. The highest BCUT2D eigenvalue weighted by Gasteiger charge is 2.17. The van der Waals surface area contributed by atoms with E-state index in [0.717, 1.165) is 6.42 Å². The van der Waals surface area contributed by atoms with E-state index in [2.05, 4.69) is 9.24 Å². The van der Waals surface area contributed by atoms with Crippen LogP contribution in [0.4, 0.5) is 4.39 Å². The van der Waals surface area contributed by atoms with Gasteiger partial charge in [-0.2, -0.15) is 0 Å². The number of benzene rings is 2. The molecule has 1 aromatic heterocycles. The molecule has 3 rings (SSSR count). The average molecular weight is 373 g/mol. The van der Waals surface area contributed by atoms with E-state index in [1.165, 1.54) is 6.07 Å². The Bertz CT molecular complexity index is 983. The lowest BCUT2D eigenvalue weighted by Crippen LogP contribution is -2.14. The van der Waals surface area contributed by atoms with Gasteiger partial charge in [0.2, 0.25) is 0 Å². The van der Waals surface area contributed by atoms with E-state index in [4.69, 9.17) is 9.47 Å². The first-order chi connectivity index (χ1) is 12.6. The van der Waals surface area contributed by atoms with Crippen LogP contribution in [0.1, 0.15) is 13.3 Å². The molecule has 1 unspecified atom stereocenters. The van der Waals surface area contributed by atoms with Crippen LogP contribution in [-0.4, -0.2) is 18.3 Å². The molecule has 4 nitrogen and oxygen atoms in total. The zero-order chi connectivity index (χ0) is 18.7. The maximum atomic E-state index is 14.6. The summed E-state index contributed by atoms with van der Waals surface area (Å²) in [5, 5.41) is 0.0503. The minimum Gasteiger partial charge on any atom is -0.497 e. The van der Waals surface area contributed by atoms with Gasteiger partial charge in [0.1, 0.15) is 17.3 Å². The van der Waals surface area contributed by atoms with Gasteiger partial charge in [0, 0.05) is 18.0 Å². The van der Waals surface area contributed by atoms with Crippen LogP contribution < -0.4 is 14.9 Å². The van der Waals surface area contributed by atoms with Gasteiger partial charge in [-0.25, -0.2) is 4.39 Å². The van der Waals surface area contributed by atoms with Gasteiger partial charge in [-0.1, -0.05) is 19.1 Å². The number of pyridine rings is 1. The van der Waals surface area contributed by atoms with Crippen molar-refractivity contribution in [3.8, 4) is 22.6 Å². The maximum absolute atomic E-state index is 14.6. The van der Waals surface area contributed by atoms with Crippen molar-refractivity contribution < 1.29 is 13.9 Å². The van der Waals surface area contributed by atoms with Crippen LogP contribution in [0.3, 0.4) is 0 Å². The van der Waals surface area contributed by atoms with E-state index < -0.39 is 5.82 Å². The molecule has 0 aliphatic heterocycles. The van der Waals surface area contributed by atoms with Gasteiger partial charge in [0.25, 0.3) is 0 Å². The van der Waals surface area contributed by atoms with Gasteiger partial charge in [-0.05, 0) is 36.2 Å². The summed E-state index contributed by atoms with van der Waals surface area (Å²) >= 11 is 0. The first kappa shape index (κ1) is 18.4. The van der Waals surface area contributed by atoms with E-state index >= 15 is 0 Å². The minimum absolute atomic E-state index is 0.0503. The number of halogens is 1. The van der Waals surface area contributed by atoms with Crippen molar-refractivity contribution in [2.45, 2.75) is 19.6 Å². The molecule has 136 valence electrons. The van der Waals surface area contributed by atoms with Crippen molar-refractivity contribution in [3.05, 3.63) is 58.6 Å². The Balaban J connectivity index is 2.28. The molecule has 0 N–H and O–H groups in total. The van der Waals surface area contributed by atoms with Crippen LogP contribution >= 0.6 is 9.24 Å². The van der Waals surface area contributed by atoms with Gasteiger partial charge in [0.15, 0.2) is 5.43 Å². The number of ether oxygens (including phenoxy) is 2. The Kier molecular flexibility index (Phi) is 5.58. The molecule has 0 amide bonds. The minimum atomic E-state index is -0.545. The zero-order valence-electron chi connectivity index (χ0n) is 14.8. The molecule has 2 aromatic carbocycles. The summed E-state index contributed by atoms with van der Waals surface area (Å²) in [6, 6.07) is 10.0. The van der Waals surface area contributed by atoms with Crippen LogP contribution in [0.2, 0.25) is 0 Å². The fraction of sp³-hybridized carbons (Fsp3) is 0.250. The number of rotatable bonds is 6. The van der Waals surface area contributed by atoms with Gasteiger partial charge in [0.05, 0.1) is 24.6 Å². The van der Waals surface area contributed by atoms with E-state index in [0.29, 0.717) is 41.0 Å². The molecule has 1 atom stereocenters. The molecule has 0 saturated heterocycles. The van der Waals surface area contributed by atoms with E-state index in [1.807, 2.05) is 11.5 Å². The quantitative estimate of drug-likeness (QED) is 0.600. The van der Waals surface area contributed by atoms with Crippen molar-refractivity contribution >= 4 is 20.1 Å². The maximum Gasteiger partial charge on any atom is 0.200 e. The topological polar surface area (TPSA) is 40.5 Å². The van der Waals surface area contributed by atoms with E-state index in [1.54, 1.807) is 43.6 Å². The van der Waals surface area contributed by atoms with Gasteiger partial charge < -0.3 is 14.0 Å². The molecule has 0 spiro atoms. The summed E-state index contributed by atoms with van der Waals surface area (Å²) in [7, 11) is 4.19. The Labute approximate surface area is 153 Å². The van der Waals surface area contributed by atoms with Crippen molar-refractivity contribution in [2.75, 3.05) is 13.7 Å². The summed E-state index contributed by atoms with van der Waals surface area (Å²) in [6.45, 7) is 2.50. The predicted octanol–water partition coefficient (Wildman–Crippen LogP) is 4.44. The third-order valence-electron chi connectivity index (χ3n) is 4.19. The Hall–Kier alpha value is -2.39. The third-order valence-corrected chi connectivity index (χ3v) is 4.59. The number of hydrogen-bond donors (Lipinski definition) is 0. The fourth-order valence-electron chi connectivity index (χ4n) is 2.91. The highest BCUT2D eigenvalue weighted by molar-refractivity contribution is 7.15. The van der Waals surface area contributed by atoms with E-state index in [-0.39, 0.29) is 10.8 Å². The summed E-state index contributed by atoms with van der Waals surface area (Å²) in [6.07, 6.45) is 3.08. The molecule has 0 aliphatic rings. The summed E-state index contributed by atoms with van der Waals surface area (Å²) in [5.74, 6) is 0.669. The largest absolute Gasteiger partial charge is 0.497 e. The number of aromatic nitrogens is 1. The number of nitrogens with zero attached hydrogens (tertiary/aromatic N) is 1. The lowest BCUT2D eigenvalue weighted by Gasteiger charge is -2.16. The normalized spacial score (nSPS) is 10.9. The second kappa shape index (κ2) is 7.88. The van der Waals surface area contributed by atoms with Gasteiger partial charge >= 0.3 is 0 Å². The highest BCUT2D eigenvalue weighted by atomic mass is 31.0. The second-order valence-corrected chi connectivity index (χ2v) is 6.24. The van der Waals surface area contributed by atoms with Crippen molar-refractivity contribution in [1.29, 1.82) is 0 Å². The zero-order valence-corrected chi connectivity index (χ0v) is 15.9. The van der Waals surface area contributed by atoms with Crippen LogP contribution in [0.25, 0.3) is 22.0 Å². The molecule has 6 heteroatoms. The molecular weight excluding hydrogens is 352 g/mol. The Morgan fingerprint density at radius 1 is 1.15 bits per heavy atom. The van der Waals surface area contributed by atoms with Crippen LogP contribution in [0.5, 0.6) is 11.5 Å². The molecule has 26 heavy (non-hydrogen) atoms. The van der Waals surface area contributed by atoms with Gasteiger partial charge in [-0.3, -0.25) is 4.79 Å². The summed E-state index contributed by atoms with van der Waals surface area (Å²) in [4.78, 5) is 13.1. The molecular formula is C20H21FNO3P. The number of hydrogen-bond acceptors (Lipinski definition) is 3. The average Bonchev–Trinajstić information content (AvgIpc) is 2.67. The number of fused-ring (bicyclic) bond motifs is 1. The van der Waals surface area contributed by atoms with Crippen molar-refractivity contribution in [3.63, 3.8) is 0 Å². The summed E-state index contributed by atoms with van der Waals surface area (Å²) < 4.78 is 27.3. The lowest BCUT2D eigenvalue weighted by atomic mass is 10.0. The van der Waals surface area contributed by atoms with E-state index in [9.17, 15) is 9.18 Å². The van der Waals surface area contributed by atoms with Crippen LogP contribution in [0.15, 0.2) is 47.4 Å². The number of methoxy groups -OCH3 is 1. The molecule has 0 fully saturated rings. The molecule has 1 heterocycles. The second-order valence-electron chi connectivity index (χ2n) is 5.87. The molecule has 0 saturated carbocycles. The standard InChI is InChI=1S/C20H21FNO3P/c1-3-10-25-17-9-8-16(21)18-19(17)22(12-26)11-15(20(18)23)13-4-6-14(24-2)7-5-13/h4-9,11H,3,10,12,26H2,1-2H3. The first-order valence-corrected chi connectivity index (χ1v) is 9.25. The van der Waals surface area contributed by atoms with Gasteiger partial charge in [-0.15, -0.1) is 9.24 Å². The molecule has 0 aliphatic carbocycles. The predicted molar refractivity (Wildman–Crippen MR) is 106 cm³/mol. The Morgan fingerprint density at radius 3 is 2.50 bits per heavy atom. The third kappa shape index (κ3) is 3.32.